The number of hydrogen-bond donors (Lipinski definition) is 2. The number of anilines is 1. The highest BCUT2D eigenvalue weighted by molar-refractivity contribution is 5.81. The van der Waals surface area contributed by atoms with Crippen LogP contribution in [0.3, 0.4) is 0 Å². The molecule has 0 unspecified atom stereocenters. The maximum absolute atomic E-state index is 12.1. The summed E-state index contributed by atoms with van der Waals surface area (Å²) in [6.07, 6.45) is 4.83. The van der Waals surface area contributed by atoms with E-state index in [2.05, 4.69) is 21.6 Å². The summed E-state index contributed by atoms with van der Waals surface area (Å²) < 4.78 is 0. The van der Waals surface area contributed by atoms with Gasteiger partial charge in [0.25, 0.3) is 0 Å². The third kappa shape index (κ3) is 3.40. The van der Waals surface area contributed by atoms with E-state index in [-0.39, 0.29) is 12.5 Å². The SMILES string of the molecule is N#Cc1ccc(NCC(=O)N[C@@H]2CCN3CCCC[C@@H]23)cc1. The van der Waals surface area contributed by atoms with E-state index in [1.165, 1.54) is 25.8 Å². The molecule has 2 fully saturated rings. The summed E-state index contributed by atoms with van der Waals surface area (Å²) in [6.45, 7) is 2.56. The molecule has 1 aromatic rings. The van der Waals surface area contributed by atoms with E-state index in [4.69, 9.17) is 5.26 Å². The summed E-state index contributed by atoms with van der Waals surface area (Å²) in [5.74, 6) is 0.0433. The van der Waals surface area contributed by atoms with Crippen LogP contribution in [0.5, 0.6) is 0 Å². The van der Waals surface area contributed by atoms with Crippen molar-refractivity contribution in [2.75, 3.05) is 25.0 Å². The van der Waals surface area contributed by atoms with Gasteiger partial charge in [0.05, 0.1) is 18.2 Å². The molecule has 2 heterocycles. The summed E-state index contributed by atoms with van der Waals surface area (Å²) in [5.41, 5.74) is 1.48. The van der Waals surface area contributed by atoms with Gasteiger partial charge in [0.2, 0.25) is 5.91 Å². The second-order valence-electron chi connectivity index (χ2n) is 6.10. The van der Waals surface area contributed by atoms with Crippen LogP contribution in [0, 0.1) is 11.3 Å². The van der Waals surface area contributed by atoms with Crippen molar-refractivity contribution in [2.24, 2.45) is 0 Å². The molecular weight excluding hydrogens is 276 g/mol. The molecule has 5 heteroatoms. The van der Waals surface area contributed by atoms with Crippen molar-refractivity contribution in [3.05, 3.63) is 29.8 Å². The first-order valence-corrected chi connectivity index (χ1v) is 8.04. The van der Waals surface area contributed by atoms with Crippen LogP contribution in [0.1, 0.15) is 31.2 Å². The van der Waals surface area contributed by atoms with E-state index in [1.54, 1.807) is 12.1 Å². The molecule has 2 atom stereocenters. The van der Waals surface area contributed by atoms with Crippen LogP contribution in [0.25, 0.3) is 0 Å². The van der Waals surface area contributed by atoms with Gasteiger partial charge in [-0.3, -0.25) is 9.69 Å². The fourth-order valence-electron chi connectivity index (χ4n) is 3.52. The number of nitrogens with one attached hydrogen (secondary N) is 2. The van der Waals surface area contributed by atoms with Gasteiger partial charge < -0.3 is 10.6 Å². The van der Waals surface area contributed by atoms with Crippen LogP contribution in [0.4, 0.5) is 5.69 Å². The van der Waals surface area contributed by atoms with E-state index in [9.17, 15) is 4.79 Å². The van der Waals surface area contributed by atoms with Gasteiger partial charge in [0.1, 0.15) is 0 Å². The molecule has 22 heavy (non-hydrogen) atoms. The topological polar surface area (TPSA) is 68.2 Å². The highest BCUT2D eigenvalue weighted by Crippen LogP contribution is 2.27. The Morgan fingerprint density at radius 2 is 2.05 bits per heavy atom. The van der Waals surface area contributed by atoms with Gasteiger partial charge in [-0.2, -0.15) is 5.26 Å². The van der Waals surface area contributed by atoms with Gasteiger partial charge in [-0.25, -0.2) is 0 Å². The predicted octanol–water partition coefficient (Wildman–Crippen LogP) is 1.71. The fraction of sp³-hybridized carbons (Fsp3) is 0.529. The molecule has 0 radical (unpaired) electrons. The van der Waals surface area contributed by atoms with Crippen molar-refractivity contribution in [3.63, 3.8) is 0 Å². The Kier molecular flexibility index (Phi) is 4.59. The molecule has 0 bridgehead atoms. The Hall–Kier alpha value is -2.06. The first kappa shape index (κ1) is 14.9. The Balaban J connectivity index is 1.47. The zero-order valence-electron chi connectivity index (χ0n) is 12.7. The standard InChI is InChI=1S/C17H22N4O/c18-11-13-4-6-14(7-5-13)19-12-17(22)20-15-8-10-21-9-2-1-3-16(15)21/h4-7,15-16,19H,1-3,8-10,12H2,(H,20,22)/t15-,16+/m1/s1. The van der Waals surface area contributed by atoms with Crippen molar-refractivity contribution in [1.82, 2.24) is 10.2 Å². The number of fused-ring (bicyclic) bond motifs is 1. The Bertz CT molecular complexity index is 563. The first-order valence-electron chi connectivity index (χ1n) is 8.04. The quantitative estimate of drug-likeness (QED) is 0.888. The minimum Gasteiger partial charge on any atom is -0.376 e. The fourth-order valence-corrected chi connectivity index (χ4v) is 3.52. The Morgan fingerprint density at radius 1 is 1.23 bits per heavy atom. The maximum atomic E-state index is 12.1. The summed E-state index contributed by atoms with van der Waals surface area (Å²) in [5, 5.41) is 15.0. The second-order valence-corrected chi connectivity index (χ2v) is 6.10. The number of hydrogen-bond acceptors (Lipinski definition) is 4. The molecule has 2 aliphatic rings. The van der Waals surface area contributed by atoms with Gasteiger partial charge in [0.15, 0.2) is 0 Å². The third-order valence-electron chi connectivity index (χ3n) is 4.67. The van der Waals surface area contributed by atoms with E-state index >= 15 is 0 Å². The van der Waals surface area contributed by atoms with Crippen molar-refractivity contribution < 1.29 is 4.79 Å². The summed E-state index contributed by atoms with van der Waals surface area (Å²) in [7, 11) is 0. The number of benzene rings is 1. The molecular formula is C17H22N4O. The number of rotatable bonds is 4. The predicted molar refractivity (Wildman–Crippen MR) is 85.4 cm³/mol. The van der Waals surface area contributed by atoms with E-state index in [0.717, 1.165) is 18.7 Å². The van der Waals surface area contributed by atoms with Gasteiger partial charge >= 0.3 is 0 Å². The molecule has 0 aliphatic carbocycles. The van der Waals surface area contributed by atoms with Gasteiger partial charge in [0, 0.05) is 24.3 Å². The molecule has 0 aromatic heterocycles. The summed E-state index contributed by atoms with van der Waals surface area (Å²) >= 11 is 0. The number of nitrogens with zero attached hydrogens (tertiary/aromatic N) is 2. The van der Waals surface area contributed by atoms with Crippen LogP contribution < -0.4 is 10.6 Å². The van der Waals surface area contributed by atoms with Gasteiger partial charge in [-0.1, -0.05) is 6.42 Å². The average Bonchev–Trinajstić information content (AvgIpc) is 2.97. The van der Waals surface area contributed by atoms with Crippen LogP contribution in [-0.2, 0) is 4.79 Å². The number of piperidine rings is 1. The Morgan fingerprint density at radius 3 is 2.82 bits per heavy atom. The molecule has 2 aliphatic heterocycles. The smallest absolute Gasteiger partial charge is 0.239 e. The van der Waals surface area contributed by atoms with Crippen LogP contribution in [0.2, 0.25) is 0 Å². The highest BCUT2D eigenvalue weighted by Gasteiger charge is 2.35. The second kappa shape index (κ2) is 6.80. The molecule has 116 valence electrons. The minimum atomic E-state index is 0.0433. The molecule has 1 amide bonds. The molecule has 0 spiro atoms. The van der Waals surface area contributed by atoms with Gasteiger partial charge in [-0.05, 0) is 50.1 Å². The largest absolute Gasteiger partial charge is 0.376 e. The van der Waals surface area contributed by atoms with Gasteiger partial charge in [-0.15, -0.1) is 0 Å². The lowest BCUT2D eigenvalue weighted by atomic mass is 9.99. The minimum absolute atomic E-state index is 0.0433. The lowest BCUT2D eigenvalue weighted by molar-refractivity contribution is -0.120. The molecule has 2 N–H and O–H groups in total. The zero-order valence-corrected chi connectivity index (χ0v) is 12.7. The number of amides is 1. The molecule has 1 aromatic carbocycles. The molecule has 2 saturated heterocycles. The maximum Gasteiger partial charge on any atom is 0.239 e. The molecule has 0 saturated carbocycles. The van der Waals surface area contributed by atoms with E-state index < -0.39 is 0 Å². The van der Waals surface area contributed by atoms with Crippen LogP contribution in [-0.4, -0.2) is 42.5 Å². The monoisotopic (exact) mass is 298 g/mol. The zero-order chi connectivity index (χ0) is 15.4. The van der Waals surface area contributed by atoms with Crippen molar-refractivity contribution in [3.8, 4) is 6.07 Å². The summed E-state index contributed by atoms with van der Waals surface area (Å²) in [6, 6.07) is 10.1. The lowest BCUT2D eigenvalue weighted by Gasteiger charge is -2.32. The normalized spacial score (nSPS) is 24.3. The third-order valence-corrected chi connectivity index (χ3v) is 4.67. The Labute approximate surface area is 131 Å². The van der Waals surface area contributed by atoms with Crippen molar-refractivity contribution >= 4 is 11.6 Å². The lowest BCUT2D eigenvalue weighted by Crippen LogP contribution is -2.48. The van der Waals surface area contributed by atoms with Crippen LogP contribution in [0.15, 0.2) is 24.3 Å². The van der Waals surface area contributed by atoms with E-state index in [0.29, 0.717) is 17.6 Å². The van der Waals surface area contributed by atoms with Crippen LogP contribution >= 0.6 is 0 Å². The number of carbonyl (C=O) groups excluding carboxylic acids is 1. The highest BCUT2D eigenvalue weighted by atomic mass is 16.2. The average molecular weight is 298 g/mol. The summed E-state index contributed by atoms with van der Waals surface area (Å²) in [4.78, 5) is 14.6. The van der Waals surface area contributed by atoms with Crippen molar-refractivity contribution in [2.45, 2.75) is 37.8 Å². The number of carbonyl (C=O) groups is 1. The number of nitriles is 1. The first-order chi connectivity index (χ1) is 10.8. The molecule has 3 rings (SSSR count). The van der Waals surface area contributed by atoms with Crippen molar-refractivity contribution in [1.29, 1.82) is 5.26 Å². The van der Waals surface area contributed by atoms with E-state index in [1.807, 2.05) is 12.1 Å². The molecule has 5 nitrogen and oxygen atoms in total.